The first kappa shape index (κ1) is 13.8. The zero-order valence-electron chi connectivity index (χ0n) is 8.21. The molecule has 0 aliphatic heterocycles. The average molecular weight is 363 g/mol. The molecule has 0 aliphatic carbocycles. The number of carbonyl (C=O) groups excluding carboxylic acids is 1. The minimum atomic E-state index is -5.01. The third kappa shape index (κ3) is 3.61. The Morgan fingerprint density at radius 2 is 2.12 bits per heavy atom. The quantitative estimate of drug-likeness (QED) is 0.644. The number of hydrogen-bond donors (Lipinski definition) is 1. The summed E-state index contributed by atoms with van der Waals surface area (Å²) in [5.74, 6) is -2.85. The van der Waals surface area contributed by atoms with Crippen LogP contribution in [0.4, 0.5) is 13.2 Å². The highest BCUT2D eigenvalue weighted by Crippen LogP contribution is 2.31. The van der Waals surface area contributed by atoms with Crippen LogP contribution < -0.4 is 4.74 Å². The molecule has 9 heteroatoms. The van der Waals surface area contributed by atoms with E-state index in [4.69, 9.17) is 0 Å². The summed E-state index contributed by atoms with van der Waals surface area (Å²) in [7, 11) is 1.05. The highest BCUT2D eigenvalue weighted by Gasteiger charge is 2.34. The highest BCUT2D eigenvalue weighted by atomic mass is 127. The van der Waals surface area contributed by atoms with Gasteiger partial charge in [0.25, 0.3) is 5.88 Å². The van der Waals surface area contributed by atoms with Crippen LogP contribution in [-0.2, 0) is 4.74 Å². The second-order valence-electron chi connectivity index (χ2n) is 2.68. The Hall–Kier alpha value is -1.26. The van der Waals surface area contributed by atoms with Crippen molar-refractivity contribution in [1.82, 2.24) is 4.98 Å². The molecule has 0 atom stereocenters. The number of esters is 1. The van der Waals surface area contributed by atoms with Gasteiger partial charge in [0, 0.05) is 6.07 Å². The van der Waals surface area contributed by atoms with Gasteiger partial charge in [-0.1, -0.05) is 0 Å². The van der Waals surface area contributed by atoms with E-state index in [0.29, 0.717) is 0 Å². The lowest BCUT2D eigenvalue weighted by molar-refractivity contribution is -0.276. The Morgan fingerprint density at radius 1 is 1.53 bits per heavy atom. The van der Waals surface area contributed by atoms with Crippen LogP contribution in [0.1, 0.15) is 10.5 Å². The maximum absolute atomic E-state index is 11.9. The molecule has 1 aromatic rings. The molecule has 0 fully saturated rings. The van der Waals surface area contributed by atoms with Crippen LogP contribution >= 0.6 is 22.6 Å². The number of carbonyl (C=O) groups is 1. The van der Waals surface area contributed by atoms with Crippen molar-refractivity contribution in [2.45, 2.75) is 6.36 Å². The molecule has 0 amide bonds. The molecule has 0 unspecified atom stereocenters. The van der Waals surface area contributed by atoms with Gasteiger partial charge in [-0.05, 0) is 22.6 Å². The highest BCUT2D eigenvalue weighted by molar-refractivity contribution is 14.1. The van der Waals surface area contributed by atoms with Gasteiger partial charge in [0.05, 0.1) is 10.7 Å². The number of halogens is 4. The Labute approximate surface area is 107 Å². The van der Waals surface area contributed by atoms with Gasteiger partial charge in [-0.15, -0.1) is 13.2 Å². The molecule has 0 bridgehead atoms. The second-order valence-corrected chi connectivity index (χ2v) is 3.84. The predicted molar refractivity (Wildman–Crippen MR) is 56.6 cm³/mol. The lowest BCUT2D eigenvalue weighted by Gasteiger charge is -2.11. The number of rotatable bonds is 2. The van der Waals surface area contributed by atoms with E-state index in [9.17, 15) is 23.1 Å². The molecule has 0 saturated heterocycles. The first-order valence-corrected chi connectivity index (χ1v) is 5.06. The summed E-state index contributed by atoms with van der Waals surface area (Å²) >= 11 is 1.62. The lowest BCUT2D eigenvalue weighted by atomic mass is 10.3. The van der Waals surface area contributed by atoms with Crippen LogP contribution in [0.15, 0.2) is 6.07 Å². The molecule has 94 valence electrons. The normalized spacial score (nSPS) is 11.1. The minimum absolute atomic E-state index is 0.140. The molecule has 0 saturated carbocycles. The molecule has 1 heterocycles. The van der Waals surface area contributed by atoms with E-state index in [0.717, 1.165) is 13.2 Å². The van der Waals surface area contributed by atoms with Crippen LogP contribution in [0.25, 0.3) is 0 Å². The van der Waals surface area contributed by atoms with Crippen LogP contribution in [0.5, 0.6) is 11.6 Å². The molecule has 0 aromatic carbocycles. The Bertz CT molecular complexity index is 449. The third-order valence-corrected chi connectivity index (χ3v) is 2.34. The van der Waals surface area contributed by atoms with Gasteiger partial charge in [0.15, 0.2) is 11.4 Å². The molecule has 1 rings (SSSR count). The number of ether oxygens (including phenoxy) is 2. The van der Waals surface area contributed by atoms with E-state index in [2.05, 4.69) is 14.5 Å². The van der Waals surface area contributed by atoms with Crippen LogP contribution in [0.3, 0.4) is 0 Å². The first-order chi connectivity index (χ1) is 7.74. The number of alkyl halides is 3. The first-order valence-electron chi connectivity index (χ1n) is 3.98. The molecule has 1 N–H and O–H groups in total. The fourth-order valence-electron chi connectivity index (χ4n) is 0.887. The van der Waals surface area contributed by atoms with Crippen molar-refractivity contribution < 1.29 is 32.5 Å². The van der Waals surface area contributed by atoms with Crippen molar-refractivity contribution >= 4 is 28.6 Å². The minimum Gasteiger partial charge on any atom is -0.503 e. The van der Waals surface area contributed by atoms with Crippen LogP contribution in [0.2, 0.25) is 0 Å². The zero-order chi connectivity index (χ0) is 13.2. The van der Waals surface area contributed by atoms with E-state index in [1.54, 1.807) is 22.6 Å². The van der Waals surface area contributed by atoms with Crippen molar-refractivity contribution in [2.75, 3.05) is 7.11 Å². The Balaban J connectivity index is 3.19. The van der Waals surface area contributed by atoms with Gasteiger partial charge in [-0.2, -0.15) is 0 Å². The van der Waals surface area contributed by atoms with Gasteiger partial charge in [-0.25, -0.2) is 9.78 Å². The number of hydrogen-bond acceptors (Lipinski definition) is 5. The van der Waals surface area contributed by atoms with E-state index in [1.165, 1.54) is 0 Å². The fourth-order valence-corrected chi connectivity index (χ4v) is 1.52. The number of nitrogens with zero attached hydrogens (tertiary/aromatic N) is 1. The Kier molecular flexibility index (Phi) is 4.01. The summed E-state index contributed by atoms with van der Waals surface area (Å²) in [5, 5.41) is 9.19. The predicted octanol–water partition coefficient (Wildman–Crippen LogP) is 2.08. The van der Waals surface area contributed by atoms with Crippen molar-refractivity contribution in [3.05, 3.63) is 15.3 Å². The van der Waals surface area contributed by atoms with Crippen molar-refractivity contribution in [3.8, 4) is 11.6 Å². The maximum atomic E-state index is 11.9. The standard InChI is InChI=1S/C8H5F3INO4/c1-16-7(15)5-3(12)2-4(14)6(13-5)17-8(9,10)11/h2,14H,1H3. The van der Waals surface area contributed by atoms with Gasteiger partial charge in [0.1, 0.15) is 0 Å². The zero-order valence-corrected chi connectivity index (χ0v) is 10.4. The number of aromatic nitrogens is 1. The van der Waals surface area contributed by atoms with Crippen molar-refractivity contribution in [1.29, 1.82) is 0 Å². The monoisotopic (exact) mass is 363 g/mol. The summed E-state index contributed by atoms with van der Waals surface area (Å²) in [6.45, 7) is 0. The number of methoxy groups -OCH3 is 1. The van der Waals surface area contributed by atoms with Crippen molar-refractivity contribution in [3.63, 3.8) is 0 Å². The molecular weight excluding hydrogens is 358 g/mol. The summed E-state index contributed by atoms with van der Waals surface area (Å²) in [6.07, 6.45) is -5.01. The molecule has 0 aliphatic rings. The molecule has 0 spiro atoms. The maximum Gasteiger partial charge on any atom is 0.574 e. The van der Waals surface area contributed by atoms with Gasteiger partial charge in [0.2, 0.25) is 0 Å². The molecule has 17 heavy (non-hydrogen) atoms. The number of pyridine rings is 1. The van der Waals surface area contributed by atoms with Gasteiger partial charge in [-0.3, -0.25) is 0 Å². The molecular formula is C8H5F3INO4. The van der Waals surface area contributed by atoms with E-state index >= 15 is 0 Å². The van der Waals surface area contributed by atoms with E-state index < -0.39 is 24.0 Å². The third-order valence-electron chi connectivity index (χ3n) is 1.51. The van der Waals surface area contributed by atoms with Gasteiger partial charge >= 0.3 is 12.3 Å². The second kappa shape index (κ2) is 4.94. The lowest BCUT2D eigenvalue weighted by Crippen LogP contribution is -2.19. The Morgan fingerprint density at radius 3 is 2.59 bits per heavy atom. The van der Waals surface area contributed by atoms with Gasteiger partial charge < -0.3 is 14.6 Å². The molecule has 5 nitrogen and oxygen atoms in total. The summed E-state index contributed by atoms with van der Waals surface area (Å²) in [5.41, 5.74) is -0.370. The summed E-state index contributed by atoms with van der Waals surface area (Å²) in [4.78, 5) is 14.4. The average Bonchev–Trinajstić information content (AvgIpc) is 2.19. The summed E-state index contributed by atoms with van der Waals surface area (Å²) < 4.78 is 43.7. The largest absolute Gasteiger partial charge is 0.574 e. The van der Waals surface area contributed by atoms with Crippen LogP contribution in [-0.4, -0.2) is 29.5 Å². The molecule has 1 aromatic heterocycles. The smallest absolute Gasteiger partial charge is 0.503 e. The topological polar surface area (TPSA) is 68.7 Å². The molecule has 0 radical (unpaired) electrons. The SMILES string of the molecule is COC(=O)c1nc(OC(F)(F)F)c(O)cc1I. The summed E-state index contributed by atoms with van der Waals surface area (Å²) in [6, 6.07) is 0.918. The van der Waals surface area contributed by atoms with E-state index in [-0.39, 0.29) is 9.26 Å². The number of aromatic hydroxyl groups is 1. The van der Waals surface area contributed by atoms with Crippen molar-refractivity contribution in [2.24, 2.45) is 0 Å². The fraction of sp³-hybridized carbons (Fsp3) is 0.250. The van der Waals surface area contributed by atoms with Crippen LogP contribution in [0, 0.1) is 3.57 Å². The van der Waals surface area contributed by atoms with E-state index in [1.807, 2.05) is 0 Å².